The summed E-state index contributed by atoms with van der Waals surface area (Å²) in [6.45, 7) is 11.6. The molecule has 304 valence electrons. The van der Waals surface area contributed by atoms with Gasteiger partial charge >= 0.3 is 0 Å². The SMILES string of the molecule is Cc1c(C=Cc2ccccc2)nc2cc(F)cc(F)c2c1Cl.Cc1c(C=Cc2ccccc2)nc2cc(F)cc(F)c2c1N1CC(C)(C)c2ncc(N3CCOCC3)cc21. The molecule has 60 heavy (non-hydrogen) atoms. The first-order chi connectivity index (χ1) is 28.9. The van der Waals surface area contributed by atoms with Crippen molar-refractivity contribution in [3.63, 3.8) is 0 Å². The molecule has 0 spiro atoms. The molecule has 11 heteroatoms. The van der Waals surface area contributed by atoms with Gasteiger partial charge in [0.1, 0.15) is 23.3 Å². The van der Waals surface area contributed by atoms with Crippen LogP contribution < -0.4 is 9.80 Å². The summed E-state index contributed by atoms with van der Waals surface area (Å²) in [7, 11) is 0. The number of ether oxygens (including phenoxy) is 1. The minimum absolute atomic E-state index is 0.150. The smallest absolute Gasteiger partial charge is 0.137 e. The molecule has 1 fully saturated rings. The average Bonchev–Trinajstić information content (AvgIpc) is 3.51. The van der Waals surface area contributed by atoms with Crippen LogP contribution in [0.2, 0.25) is 5.02 Å². The fraction of sp³-hybridized carbons (Fsp3) is 0.204. The molecule has 1 saturated heterocycles. The van der Waals surface area contributed by atoms with E-state index in [0.717, 1.165) is 59.0 Å². The van der Waals surface area contributed by atoms with Crippen LogP contribution in [0.25, 0.3) is 46.1 Å². The van der Waals surface area contributed by atoms with Gasteiger partial charge in [-0.25, -0.2) is 27.5 Å². The molecule has 2 aliphatic heterocycles. The summed E-state index contributed by atoms with van der Waals surface area (Å²) in [5, 5.41) is 0.730. The lowest BCUT2D eigenvalue weighted by molar-refractivity contribution is 0.122. The quantitative estimate of drug-likeness (QED) is 0.156. The number of morpholine rings is 1. The van der Waals surface area contributed by atoms with Crippen LogP contribution in [0.4, 0.5) is 34.6 Å². The number of rotatable bonds is 6. The molecule has 0 N–H and O–H groups in total. The van der Waals surface area contributed by atoms with E-state index in [0.29, 0.717) is 53.3 Å². The second-order valence-electron chi connectivity index (χ2n) is 15.6. The highest BCUT2D eigenvalue weighted by Crippen LogP contribution is 2.48. The van der Waals surface area contributed by atoms with Gasteiger partial charge in [0.2, 0.25) is 0 Å². The van der Waals surface area contributed by atoms with Crippen molar-refractivity contribution in [2.75, 3.05) is 42.6 Å². The summed E-state index contributed by atoms with van der Waals surface area (Å²) in [6, 6.07) is 26.0. The largest absolute Gasteiger partial charge is 0.378 e. The Morgan fingerprint density at radius 2 is 1.22 bits per heavy atom. The maximum atomic E-state index is 15.5. The Kier molecular flexibility index (Phi) is 11.4. The predicted molar refractivity (Wildman–Crippen MR) is 236 cm³/mol. The van der Waals surface area contributed by atoms with Gasteiger partial charge in [0.05, 0.1) is 80.4 Å². The Balaban J connectivity index is 0.000000193. The third-order valence-corrected chi connectivity index (χ3v) is 11.4. The van der Waals surface area contributed by atoms with Crippen LogP contribution in [-0.4, -0.2) is 47.8 Å². The molecule has 7 aromatic rings. The highest BCUT2D eigenvalue weighted by Gasteiger charge is 2.39. The summed E-state index contributed by atoms with van der Waals surface area (Å²) < 4.78 is 62.7. The molecule has 3 aromatic heterocycles. The van der Waals surface area contributed by atoms with Gasteiger partial charge in [0, 0.05) is 49.3 Å². The molecule has 6 nitrogen and oxygen atoms in total. The van der Waals surface area contributed by atoms with E-state index < -0.39 is 23.3 Å². The van der Waals surface area contributed by atoms with Crippen molar-refractivity contribution in [3.8, 4) is 0 Å². The lowest BCUT2D eigenvalue weighted by Crippen LogP contribution is -2.36. The van der Waals surface area contributed by atoms with Crippen LogP contribution in [0, 0.1) is 37.1 Å². The first kappa shape index (κ1) is 40.7. The number of hydrogen-bond donors (Lipinski definition) is 0. The Morgan fingerprint density at radius 1 is 0.683 bits per heavy atom. The molecule has 0 radical (unpaired) electrons. The van der Waals surface area contributed by atoms with E-state index in [1.165, 1.54) is 12.1 Å². The fourth-order valence-electron chi connectivity index (χ4n) is 7.84. The van der Waals surface area contributed by atoms with Crippen LogP contribution in [-0.2, 0) is 10.2 Å². The van der Waals surface area contributed by atoms with Gasteiger partial charge in [0.15, 0.2) is 0 Å². The van der Waals surface area contributed by atoms with E-state index in [9.17, 15) is 13.2 Å². The third-order valence-electron chi connectivity index (χ3n) is 10.9. The normalized spacial score (nSPS) is 14.9. The van der Waals surface area contributed by atoms with E-state index in [1.807, 2.05) is 92.0 Å². The first-order valence-electron chi connectivity index (χ1n) is 19.7. The molecular formula is C49H42ClF4N5O. The van der Waals surface area contributed by atoms with Crippen molar-refractivity contribution >= 4 is 74.8 Å². The van der Waals surface area contributed by atoms with Crippen LogP contribution in [0.3, 0.4) is 0 Å². The number of halogens is 5. The van der Waals surface area contributed by atoms with E-state index in [2.05, 4.69) is 34.7 Å². The molecule has 5 heterocycles. The fourth-order valence-corrected chi connectivity index (χ4v) is 8.13. The molecule has 4 aromatic carbocycles. The molecule has 0 unspecified atom stereocenters. The Bertz CT molecular complexity index is 2790. The maximum Gasteiger partial charge on any atom is 0.137 e. The van der Waals surface area contributed by atoms with Gasteiger partial charge in [-0.15, -0.1) is 0 Å². The standard InChI is InChI=1S/C31H30F2N4O.C18H12ClF2N/c1-20-25(10-9-21-7-5-4-6-8-21)35-26-16-22(32)15-24(33)28(26)29(20)37-19-31(2,3)30-27(37)17-23(18-34-30)36-11-13-38-14-12-36;1-11-15(8-7-12-5-3-2-4-6-12)22-16-10-13(20)9-14(21)17(16)18(11)19/h4-10,15-18H,11-14,19H2,1-3H3;2-10H,1H3. The number of nitrogens with zero attached hydrogens (tertiary/aromatic N) is 5. The molecular weight excluding hydrogens is 786 g/mol. The number of hydrogen-bond acceptors (Lipinski definition) is 6. The van der Waals surface area contributed by atoms with Crippen LogP contribution in [0.1, 0.15) is 53.2 Å². The van der Waals surface area contributed by atoms with E-state index in [-0.39, 0.29) is 21.3 Å². The summed E-state index contributed by atoms with van der Waals surface area (Å²) in [5.74, 6) is -2.63. The molecule has 0 atom stereocenters. The van der Waals surface area contributed by atoms with Gasteiger partial charge in [-0.3, -0.25) is 4.98 Å². The lowest BCUT2D eigenvalue weighted by atomic mass is 9.91. The van der Waals surface area contributed by atoms with Crippen LogP contribution in [0.15, 0.2) is 97.2 Å². The number of pyridine rings is 3. The van der Waals surface area contributed by atoms with Crippen molar-refractivity contribution in [2.45, 2.75) is 33.1 Å². The highest BCUT2D eigenvalue weighted by molar-refractivity contribution is 6.36. The second kappa shape index (κ2) is 16.9. The predicted octanol–water partition coefficient (Wildman–Crippen LogP) is 12.3. The molecule has 0 saturated carbocycles. The van der Waals surface area contributed by atoms with Crippen LogP contribution >= 0.6 is 11.6 Å². The van der Waals surface area contributed by atoms with Crippen molar-refractivity contribution in [1.29, 1.82) is 0 Å². The van der Waals surface area contributed by atoms with E-state index in [1.54, 1.807) is 13.0 Å². The summed E-state index contributed by atoms with van der Waals surface area (Å²) in [5.41, 5.74) is 8.63. The number of fused-ring (bicyclic) bond motifs is 3. The van der Waals surface area contributed by atoms with Gasteiger partial charge in [-0.2, -0.15) is 0 Å². The van der Waals surface area contributed by atoms with Crippen molar-refractivity contribution in [2.24, 2.45) is 0 Å². The van der Waals surface area contributed by atoms with Gasteiger partial charge in [0.25, 0.3) is 0 Å². The third kappa shape index (κ3) is 8.22. The van der Waals surface area contributed by atoms with Crippen molar-refractivity contribution in [1.82, 2.24) is 15.0 Å². The van der Waals surface area contributed by atoms with Gasteiger partial charge < -0.3 is 14.5 Å². The first-order valence-corrected chi connectivity index (χ1v) is 20.1. The second-order valence-corrected chi connectivity index (χ2v) is 16.0. The van der Waals surface area contributed by atoms with Crippen molar-refractivity contribution in [3.05, 3.63) is 165 Å². The highest BCUT2D eigenvalue weighted by atomic mass is 35.5. The van der Waals surface area contributed by atoms with Crippen LogP contribution in [0.5, 0.6) is 0 Å². The molecule has 2 aliphatic rings. The number of benzene rings is 4. The molecule has 0 bridgehead atoms. The summed E-state index contributed by atoms with van der Waals surface area (Å²) in [6.07, 6.45) is 9.49. The summed E-state index contributed by atoms with van der Waals surface area (Å²) in [4.78, 5) is 18.3. The van der Waals surface area contributed by atoms with Crippen molar-refractivity contribution < 1.29 is 22.3 Å². The Morgan fingerprint density at radius 3 is 1.80 bits per heavy atom. The zero-order valence-corrected chi connectivity index (χ0v) is 34.4. The number of anilines is 3. The molecule has 0 amide bonds. The molecule has 9 rings (SSSR count). The Hall–Kier alpha value is -6.10. The summed E-state index contributed by atoms with van der Waals surface area (Å²) >= 11 is 6.23. The van der Waals surface area contributed by atoms with E-state index in [4.69, 9.17) is 26.3 Å². The zero-order valence-electron chi connectivity index (χ0n) is 33.6. The monoisotopic (exact) mass is 827 g/mol. The number of aromatic nitrogens is 3. The zero-order chi connectivity index (χ0) is 42.1. The van der Waals surface area contributed by atoms with E-state index >= 15 is 4.39 Å². The minimum atomic E-state index is -0.700. The minimum Gasteiger partial charge on any atom is -0.378 e. The molecule has 0 aliphatic carbocycles. The lowest BCUT2D eigenvalue weighted by Gasteiger charge is -2.30. The Labute approximate surface area is 351 Å². The van der Waals surface area contributed by atoms with Gasteiger partial charge in [-0.05, 0) is 54.3 Å². The topological polar surface area (TPSA) is 54.4 Å². The van der Waals surface area contributed by atoms with Gasteiger partial charge in [-0.1, -0.05) is 98.3 Å². The average molecular weight is 828 g/mol. The maximum absolute atomic E-state index is 15.5.